The first kappa shape index (κ1) is 17.6. The third-order valence-electron chi connectivity index (χ3n) is 3.91. The van der Waals surface area contributed by atoms with Gasteiger partial charge in [-0.3, -0.25) is 0 Å². The Bertz CT molecular complexity index is 608. The summed E-state index contributed by atoms with van der Waals surface area (Å²) in [6.07, 6.45) is 1.51. The predicted octanol–water partition coefficient (Wildman–Crippen LogP) is 4.87. The second-order valence-electron chi connectivity index (χ2n) is 6.91. The second-order valence-corrected chi connectivity index (χ2v) is 7.32. The van der Waals surface area contributed by atoms with Crippen molar-refractivity contribution in [3.63, 3.8) is 0 Å². The minimum absolute atomic E-state index is 0.241. The van der Waals surface area contributed by atoms with E-state index in [0.717, 1.165) is 29.0 Å². The van der Waals surface area contributed by atoms with Gasteiger partial charge in [0.25, 0.3) is 0 Å². The molecule has 23 heavy (non-hydrogen) atoms. The highest BCUT2D eigenvalue weighted by molar-refractivity contribution is 6.31. The molecule has 0 atom stereocenters. The molecule has 0 aliphatic carbocycles. The van der Waals surface area contributed by atoms with E-state index < -0.39 is 5.60 Å². The molecule has 0 radical (unpaired) electrons. The van der Waals surface area contributed by atoms with E-state index in [9.17, 15) is 4.79 Å². The SMILES string of the molecule is [C-]#[N+]Cc1ccc(C2CCN(C(=O)OC(C)(C)C)CC2)c(Cl)c1. The zero-order valence-corrected chi connectivity index (χ0v) is 14.7. The van der Waals surface area contributed by atoms with E-state index in [4.69, 9.17) is 22.9 Å². The van der Waals surface area contributed by atoms with Gasteiger partial charge in [-0.05, 0) is 51.2 Å². The molecule has 1 heterocycles. The quantitative estimate of drug-likeness (QED) is 0.723. The summed E-state index contributed by atoms with van der Waals surface area (Å²) in [6.45, 7) is 14.3. The number of carbonyl (C=O) groups is 1. The molecule has 0 unspecified atom stereocenters. The Morgan fingerprint density at radius 2 is 2.04 bits per heavy atom. The van der Waals surface area contributed by atoms with E-state index in [2.05, 4.69) is 4.85 Å². The van der Waals surface area contributed by atoms with Crippen LogP contribution in [0.25, 0.3) is 4.85 Å². The van der Waals surface area contributed by atoms with E-state index in [1.165, 1.54) is 0 Å². The Morgan fingerprint density at radius 1 is 1.39 bits per heavy atom. The van der Waals surface area contributed by atoms with Gasteiger partial charge in [-0.25, -0.2) is 11.4 Å². The number of hydrogen-bond donors (Lipinski definition) is 0. The summed E-state index contributed by atoms with van der Waals surface area (Å²) in [5.41, 5.74) is 1.60. The van der Waals surface area contributed by atoms with Crippen molar-refractivity contribution in [1.29, 1.82) is 0 Å². The molecule has 0 spiro atoms. The molecule has 124 valence electrons. The Hall–Kier alpha value is -1.73. The van der Waals surface area contributed by atoms with Gasteiger partial charge in [0.2, 0.25) is 6.54 Å². The van der Waals surface area contributed by atoms with Crippen LogP contribution in [0.3, 0.4) is 0 Å². The Morgan fingerprint density at radius 3 is 2.57 bits per heavy atom. The first-order valence-electron chi connectivity index (χ1n) is 7.89. The molecule has 1 saturated heterocycles. The Labute approximate surface area is 143 Å². The number of hydrogen-bond acceptors (Lipinski definition) is 2. The number of carbonyl (C=O) groups excluding carboxylic acids is 1. The number of likely N-dealkylation sites (tertiary alicyclic amines) is 1. The molecule has 1 aromatic rings. The van der Waals surface area contributed by atoms with Crippen LogP contribution in [0.5, 0.6) is 0 Å². The molecule has 1 aromatic carbocycles. The van der Waals surface area contributed by atoms with Crippen LogP contribution < -0.4 is 0 Å². The number of halogens is 1. The molecule has 0 bridgehead atoms. The second kappa shape index (κ2) is 7.23. The smallest absolute Gasteiger partial charge is 0.410 e. The van der Waals surface area contributed by atoms with Crippen LogP contribution in [-0.4, -0.2) is 29.7 Å². The largest absolute Gasteiger partial charge is 0.444 e. The third-order valence-corrected chi connectivity index (χ3v) is 4.24. The van der Waals surface area contributed by atoms with Gasteiger partial charge >= 0.3 is 6.09 Å². The molecule has 2 rings (SSSR count). The van der Waals surface area contributed by atoms with E-state index in [-0.39, 0.29) is 6.09 Å². The molecule has 1 fully saturated rings. The van der Waals surface area contributed by atoms with Crippen molar-refractivity contribution in [2.75, 3.05) is 13.1 Å². The van der Waals surface area contributed by atoms with Gasteiger partial charge in [0.1, 0.15) is 5.60 Å². The van der Waals surface area contributed by atoms with E-state index in [1.54, 1.807) is 4.90 Å². The fourth-order valence-electron chi connectivity index (χ4n) is 2.79. The first-order valence-corrected chi connectivity index (χ1v) is 8.27. The van der Waals surface area contributed by atoms with Gasteiger partial charge in [-0.15, -0.1) is 0 Å². The molecule has 0 saturated carbocycles. The summed E-state index contributed by atoms with van der Waals surface area (Å²) in [6, 6.07) is 5.88. The fraction of sp³-hybridized carbons (Fsp3) is 0.556. The van der Waals surface area contributed by atoms with Crippen LogP contribution in [-0.2, 0) is 11.3 Å². The summed E-state index contributed by atoms with van der Waals surface area (Å²) >= 11 is 6.38. The molecular weight excluding hydrogens is 312 g/mol. The van der Waals surface area contributed by atoms with E-state index in [1.807, 2.05) is 39.0 Å². The highest BCUT2D eigenvalue weighted by Gasteiger charge is 2.28. The average molecular weight is 335 g/mol. The lowest BCUT2D eigenvalue weighted by Gasteiger charge is -2.33. The summed E-state index contributed by atoms with van der Waals surface area (Å²) in [7, 11) is 0. The standard InChI is InChI=1S/C18H23ClN2O2/c1-18(2,3)23-17(22)21-9-7-14(8-10-21)15-6-5-13(12-20-4)11-16(15)19/h5-6,11,14H,7-10,12H2,1-3H3. The third kappa shape index (κ3) is 4.87. The van der Waals surface area contributed by atoms with Gasteiger partial charge < -0.3 is 14.5 Å². The number of rotatable bonds is 2. The number of amides is 1. The minimum atomic E-state index is -0.462. The number of benzene rings is 1. The summed E-state index contributed by atoms with van der Waals surface area (Å²) in [5, 5.41) is 0.724. The van der Waals surface area contributed by atoms with Gasteiger partial charge in [-0.1, -0.05) is 23.7 Å². The van der Waals surface area contributed by atoms with Crippen LogP contribution in [0.15, 0.2) is 18.2 Å². The molecule has 0 aromatic heterocycles. The number of piperidine rings is 1. The molecule has 0 N–H and O–H groups in total. The van der Waals surface area contributed by atoms with Crippen molar-refractivity contribution in [1.82, 2.24) is 4.90 Å². The first-order chi connectivity index (χ1) is 10.8. The lowest BCUT2D eigenvalue weighted by atomic mass is 9.89. The van der Waals surface area contributed by atoms with Gasteiger partial charge in [0, 0.05) is 23.7 Å². The topological polar surface area (TPSA) is 33.9 Å². The summed E-state index contributed by atoms with van der Waals surface area (Å²) < 4.78 is 5.42. The highest BCUT2D eigenvalue weighted by atomic mass is 35.5. The van der Waals surface area contributed by atoms with Crippen LogP contribution in [0.4, 0.5) is 4.79 Å². The van der Waals surface area contributed by atoms with Crippen LogP contribution in [0.1, 0.15) is 50.7 Å². The molecule has 4 nitrogen and oxygen atoms in total. The van der Waals surface area contributed by atoms with Crippen LogP contribution >= 0.6 is 11.6 Å². The zero-order valence-electron chi connectivity index (χ0n) is 13.9. The predicted molar refractivity (Wildman–Crippen MR) is 91.5 cm³/mol. The average Bonchev–Trinajstić information content (AvgIpc) is 2.46. The van der Waals surface area contributed by atoms with Gasteiger partial charge in [0.15, 0.2) is 0 Å². The summed E-state index contributed by atoms with van der Waals surface area (Å²) in [4.78, 5) is 17.2. The van der Waals surface area contributed by atoms with Crippen LogP contribution in [0.2, 0.25) is 5.02 Å². The van der Waals surface area contributed by atoms with E-state index >= 15 is 0 Å². The maximum absolute atomic E-state index is 12.1. The fourth-order valence-corrected chi connectivity index (χ4v) is 3.15. The van der Waals surface area contributed by atoms with Crippen molar-refractivity contribution in [3.05, 3.63) is 45.8 Å². The Balaban J connectivity index is 1.97. The van der Waals surface area contributed by atoms with Crippen LogP contribution in [0, 0.1) is 6.57 Å². The molecule has 1 aliphatic rings. The van der Waals surface area contributed by atoms with Crippen molar-refractivity contribution in [2.24, 2.45) is 0 Å². The monoisotopic (exact) mass is 334 g/mol. The zero-order chi connectivity index (χ0) is 17.0. The van der Waals surface area contributed by atoms with Crippen molar-refractivity contribution in [2.45, 2.75) is 51.7 Å². The minimum Gasteiger partial charge on any atom is -0.444 e. The molecule has 1 amide bonds. The molecule has 1 aliphatic heterocycles. The summed E-state index contributed by atoms with van der Waals surface area (Å²) in [5.74, 6) is 0.350. The van der Waals surface area contributed by atoms with Crippen molar-refractivity contribution >= 4 is 17.7 Å². The highest BCUT2D eigenvalue weighted by Crippen LogP contribution is 2.33. The lowest BCUT2D eigenvalue weighted by Crippen LogP contribution is -2.41. The molecule has 5 heteroatoms. The van der Waals surface area contributed by atoms with Gasteiger partial charge in [-0.2, -0.15) is 0 Å². The van der Waals surface area contributed by atoms with Crippen molar-refractivity contribution < 1.29 is 9.53 Å². The normalized spacial score (nSPS) is 16.0. The number of ether oxygens (including phenoxy) is 1. The van der Waals surface area contributed by atoms with Gasteiger partial charge in [0.05, 0.1) is 0 Å². The Kier molecular flexibility index (Phi) is 5.54. The maximum atomic E-state index is 12.1. The number of nitrogens with zero attached hydrogens (tertiary/aromatic N) is 2. The molecular formula is C18H23ClN2O2. The lowest BCUT2D eigenvalue weighted by molar-refractivity contribution is 0.0205. The maximum Gasteiger partial charge on any atom is 0.410 e. The van der Waals surface area contributed by atoms with E-state index in [0.29, 0.717) is 25.6 Å². The van der Waals surface area contributed by atoms with Crippen molar-refractivity contribution in [3.8, 4) is 0 Å².